The molecule has 1 aliphatic heterocycles. The van der Waals surface area contributed by atoms with E-state index in [4.69, 9.17) is 0 Å². The Labute approximate surface area is 134 Å². The van der Waals surface area contributed by atoms with Gasteiger partial charge in [0.05, 0.1) is 12.6 Å². The van der Waals surface area contributed by atoms with Crippen LogP contribution < -0.4 is 10.6 Å². The Morgan fingerprint density at radius 3 is 2.68 bits per heavy atom. The topological polar surface area (TPSA) is 44.4 Å². The van der Waals surface area contributed by atoms with Crippen LogP contribution in [0.5, 0.6) is 0 Å². The van der Waals surface area contributed by atoms with Gasteiger partial charge in [0.2, 0.25) is 5.91 Å². The number of carbonyl (C=O) groups excluding carboxylic acids is 1. The van der Waals surface area contributed by atoms with E-state index in [1.165, 1.54) is 12.0 Å². The quantitative estimate of drug-likeness (QED) is 0.846. The van der Waals surface area contributed by atoms with Gasteiger partial charge in [0.1, 0.15) is 0 Å². The van der Waals surface area contributed by atoms with Gasteiger partial charge in [-0.1, -0.05) is 44.2 Å². The zero-order chi connectivity index (χ0) is 15.9. The zero-order valence-electron chi connectivity index (χ0n) is 14.0. The van der Waals surface area contributed by atoms with Crippen molar-refractivity contribution in [1.29, 1.82) is 0 Å². The first-order chi connectivity index (χ1) is 10.6. The lowest BCUT2D eigenvalue weighted by Gasteiger charge is -2.32. The molecule has 22 heavy (non-hydrogen) atoms. The Kier molecular flexibility index (Phi) is 6.40. The van der Waals surface area contributed by atoms with Gasteiger partial charge in [0, 0.05) is 12.6 Å². The maximum Gasteiger partial charge on any atom is 0.234 e. The van der Waals surface area contributed by atoms with Gasteiger partial charge < -0.3 is 10.6 Å². The van der Waals surface area contributed by atoms with Gasteiger partial charge in [-0.05, 0) is 37.9 Å². The van der Waals surface area contributed by atoms with Crippen molar-refractivity contribution in [3.8, 4) is 0 Å². The lowest BCUT2D eigenvalue weighted by molar-refractivity contribution is -0.123. The fourth-order valence-electron chi connectivity index (χ4n) is 3.15. The van der Waals surface area contributed by atoms with Gasteiger partial charge >= 0.3 is 0 Å². The fourth-order valence-corrected chi connectivity index (χ4v) is 3.15. The van der Waals surface area contributed by atoms with Gasteiger partial charge in [0.15, 0.2) is 0 Å². The van der Waals surface area contributed by atoms with Crippen LogP contribution in [0.2, 0.25) is 0 Å². The molecule has 2 rings (SSSR count). The third-order valence-corrected chi connectivity index (χ3v) is 4.42. The molecule has 1 fully saturated rings. The highest BCUT2D eigenvalue weighted by molar-refractivity contribution is 5.78. The number of piperidine rings is 1. The highest BCUT2D eigenvalue weighted by atomic mass is 16.2. The van der Waals surface area contributed by atoms with Crippen LogP contribution >= 0.6 is 0 Å². The molecule has 2 unspecified atom stereocenters. The number of amides is 1. The molecule has 1 aromatic carbocycles. The first-order valence-electron chi connectivity index (χ1n) is 8.34. The van der Waals surface area contributed by atoms with Crippen LogP contribution in [-0.2, 0) is 4.79 Å². The number of nitrogens with one attached hydrogen (secondary N) is 2. The molecule has 1 saturated heterocycles. The monoisotopic (exact) mass is 303 g/mol. The van der Waals surface area contributed by atoms with Gasteiger partial charge in [-0.15, -0.1) is 0 Å². The standard InChI is InChI=1S/C18H29N3O/c1-14(2)18(15-8-5-4-6-9-15)20-17(22)13-21-11-7-10-16(12-21)19-3/h4-6,8-9,14,16,18-19H,7,10-13H2,1-3H3,(H,20,22). The third-order valence-electron chi connectivity index (χ3n) is 4.42. The van der Waals surface area contributed by atoms with Gasteiger partial charge in [-0.25, -0.2) is 0 Å². The van der Waals surface area contributed by atoms with E-state index >= 15 is 0 Å². The first kappa shape index (κ1) is 17.0. The van der Waals surface area contributed by atoms with Crippen LogP contribution in [-0.4, -0.2) is 43.5 Å². The molecule has 0 radical (unpaired) electrons. The van der Waals surface area contributed by atoms with Crippen molar-refractivity contribution in [2.45, 2.75) is 38.8 Å². The SMILES string of the molecule is CNC1CCCN(CC(=O)NC(c2ccccc2)C(C)C)C1. The number of likely N-dealkylation sites (N-methyl/N-ethyl adjacent to an activating group) is 1. The normalized spacial score (nSPS) is 20.8. The average molecular weight is 303 g/mol. The van der Waals surface area contributed by atoms with E-state index in [-0.39, 0.29) is 11.9 Å². The molecule has 2 N–H and O–H groups in total. The third kappa shape index (κ3) is 4.82. The van der Waals surface area contributed by atoms with Gasteiger partial charge in [-0.2, -0.15) is 0 Å². The number of nitrogens with zero attached hydrogens (tertiary/aromatic N) is 1. The lowest BCUT2D eigenvalue weighted by Crippen LogP contribution is -2.48. The van der Waals surface area contributed by atoms with Gasteiger partial charge in [0.25, 0.3) is 0 Å². The van der Waals surface area contributed by atoms with Crippen molar-refractivity contribution >= 4 is 5.91 Å². The molecule has 1 heterocycles. The van der Waals surface area contributed by atoms with Gasteiger partial charge in [-0.3, -0.25) is 9.69 Å². The van der Waals surface area contributed by atoms with Crippen LogP contribution in [0.3, 0.4) is 0 Å². The molecule has 1 aliphatic rings. The predicted molar refractivity (Wildman–Crippen MR) is 90.7 cm³/mol. The number of benzene rings is 1. The second-order valence-electron chi connectivity index (χ2n) is 6.56. The second-order valence-corrected chi connectivity index (χ2v) is 6.56. The van der Waals surface area contributed by atoms with Crippen LogP contribution in [0.4, 0.5) is 0 Å². The summed E-state index contributed by atoms with van der Waals surface area (Å²) in [5, 5.41) is 6.53. The fraction of sp³-hybridized carbons (Fsp3) is 0.611. The van der Waals surface area contributed by atoms with E-state index in [2.05, 4.69) is 41.5 Å². The Hall–Kier alpha value is -1.39. The number of hydrogen-bond acceptors (Lipinski definition) is 3. The van der Waals surface area contributed by atoms with Crippen molar-refractivity contribution in [2.24, 2.45) is 5.92 Å². The molecule has 4 heteroatoms. The number of likely N-dealkylation sites (tertiary alicyclic amines) is 1. The smallest absolute Gasteiger partial charge is 0.234 e. The minimum absolute atomic E-state index is 0.0820. The van der Waals surface area contributed by atoms with Crippen molar-refractivity contribution < 1.29 is 4.79 Å². The van der Waals surface area contributed by atoms with E-state index < -0.39 is 0 Å². The minimum atomic E-state index is 0.0820. The van der Waals surface area contributed by atoms with E-state index in [0.717, 1.165) is 19.5 Å². The molecule has 122 valence electrons. The van der Waals surface area contributed by atoms with Crippen LogP contribution in [0.1, 0.15) is 38.3 Å². The Morgan fingerprint density at radius 2 is 2.05 bits per heavy atom. The molecule has 1 aromatic rings. The molecule has 0 bridgehead atoms. The summed E-state index contributed by atoms with van der Waals surface area (Å²) in [6, 6.07) is 10.8. The molecular weight excluding hydrogens is 274 g/mol. The first-order valence-corrected chi connectivity index (χ1v) is 8.34. The Bertz CT molecular complexity index is 461. The summed E-state index contributed by atoms with van der Waals surface area (Å²) in [6.07, 6.45) is 2.36. The maximum atomic E-state index is 12.4. The summed E-state index contributed by atoms with van der Waals surface area (Å²) in [5.41, 5.74) is 1.18. The van der Waals surface area contributed by atoms with E-state index in [1.54, 1.807) is 0 Å². The highest BCUT2D eigenvalue weighted by Gasteiger charge is 2.23. The molecule has 0 spiro atoms. The molecular formula is C18H29N3O. The summed E-state index contributed by atoms with van der Waals surface area (Å²) in [7, 11) is 2.00. The summed E-state index contributed by atoms with van der Waals surface area (Å²) < 4.78 is 0. The summed E-state index contributed by atoms with van der Waals surface area (Å²) in [4.78, 5) is 14.7. The van der Waals surface area contributed by atoms with Crippen molar-refractivity contribution in [1.82, 2.24) is 15.5 Å². The Morgan fingerprint density at radius 1 is 1.32 bits per heavy atom. The molecule has 1 amide bonds. The van der Waals surface area contributed by atoms with Crippen molar-refractivity contribution in [3.63, 3.8) is 0 Å². The second kappa shape index (κ2) is 8.30. The van der Waals surface area contributed by atoms with E-state index in [9.17, 15) is 4.79 Å². The Balaban J connectivity index is 1.91. The summed E-state index contributed by atoms with van der Waals surface area (Å²) >= 11 is 0. The van der Waals surface area contributed by atoms with Crippen LogP contribution in [0.25, 0.3) is 0 Å². The zero-order valence-corrected chi connectivity index (χ0v) is 14.0. The van der Waals surface area contributed by atoms with Crippen LogP contribution in [0.15, 0.2) is 30.3 Å². The molecule has 0 aromatic heterocycles. The van der Waals surface area contributed by atoms with E-state index in [0.29, 0.717) is 18.5 Å². The van der Waals surface area contributed by atoms with Crippen molar-refractivity contribution in [3.05, 3.63) is 35.9 Å². The number of hydrogen-bond donors (Lipinski definition) is 2. The minimum Gasteiger partial charge on any atom is -0.348 e. The van der Waals surface area contributed by atoms with E-state index in [1.807, 2.05) is 25.2 Å². The average Bonchev–Trinajstić information content (AvgIpc) is 2.53. The molecule has 0 aliphatic carbocycles. The lowest BCUT2D eigenvalue weighted by atomic mass is 9.96. The largest absolute Gasteiger partial charge is 0.348 e. The van der Waals surface area contributed by atoms with Crippen LogP contribution in [0, 0.1) is 5.92 Å². The molecule has 0 saturated carbocycles. The molecule has 2 atom stereocenters. The number of rotatable bonds is 6. The summed E-state index contributed by atoms with van der Waals surface area (Å²) in [5.74, 6) is 0.497. The highest BCUT2D eigenvalue weighted by Crippen LogP contribution is 2.21. The number of carbonyl (C=O) groups is 1. The molecule has 4 nitrogen and oxygen atoms in total. The predicted octanol–water partition coefficient (Wildman–Crippen LogP) is 2.18. The van der Waals surface area contributed by atoms with Crippen molar-refractivity contribution in [2.75, 3.05) is 26.7 Å². The summed E-state index contributed by atoms with van der Waals surface area (Å²) in [6.45, 7) is 6.77. The maximum absolute atomic E-state index is 12.4.